The number of hydrogen-bond acceptors (Lipinski definition) is 7. The number of carbonyl (C=O) groups excluding carboxylic acids is 3. The topological polar surface area (TPSA) is 82.1 Å². The van der Waals surface area contributed by atoms with Gasteiger partial charge >= 0.3 is 17.9 Å². The van der Waals surface area contributed by atoms with Crippen molar-refractivity contribution in [2.45, 2.75) is 226 Å². The summed E-state index contributed by atoms with van der Waals surface area (Å²) < 4.78 is 17.6. The minimum absolute atomic E-state index is 0.0507. The minimum atomic E-state index is -0.0777. The van der Waals surface area contributed by atoms with Crippen LogP contribution in [-0.4, -0.2) is 61.3 Å². The predicted molar refractivity (Wildman–Crippen MR) is 200 cm³/mol. The maximum Gasteiger partial charge on any atom is 0.306 e. The highest BCUT2D eigenvalue weighted by Crippen LogP contribution is 2.19. The van der Waals surface area contributed by atoms with Gasteiger partial charge in [0.05, 0.1) is 0 Å². The van der Waals surface area contributed by atoms with Crippen LogP contribution < -0.4 is 0 Å². The monoisotopic (exact) mass is 682 g/mol. The van der Waals surface area contributed by atoms with E-state index >= 15 is 0 Å². The number of rotatable bonds is 35. The molecular weight excluding hydrogens is 602 g/mol. The molecule has 0 spiro atoms. The Hall–Kier alpha value is -1.63. The molecule has 0 aromatic carbocycles. The summed E-state index contributed by atoms with van der Waals surface area (Å²) in [6, 6.07) is 0. The second kappa shape index (κ2) is 33.8. The van der Waals surface area contributed by atoms with Gasteiger partial charge < -0.3 is 19.1 Å². The lowest BCUT2D eigenvalue weighted by molar-refractivity contribution is -0.151. The summed E-state index contributed by atoms with van der Waals surface area (Å²) in [5.74, 6) is -0.179. The Morgan fingerprint density at radius 3 is 1.02 bits per heavy atom. The van der Waals surface area contributed by atoms with Gasteiger partial charge in [-0.25, -0.2) is 0 Å². The molecule has 0 unspecified atom stereocenters. The van der Waals surface area contributed by atoms with Gasteiger partial charge in [0.1, 0.15) is 18.3 Å². The van der Waals surface area contributed by atoms with Gasteiger partial charge in [0.15, 0.2) is 0 Å². The SMILES string of the molecule is CCCCC(CCCC)OC(=O)CCCCCCC(CCCCCCC(=O)OC(CCCC)CCCC)OC(=O)CCCCN(C)CC. The molecule has 0 amide bonds. The van der Waals surface area contributed by atoms with Crippen molar-refractivity contribution in [2.75, 3.05) is 20.1 Å². The Morgan fingerprint density at radius 2 is 0.708 bits per heavy atom. The van der Waals surface area contributed by atoms with Crippen molar-refractivity contribution in [2.24, 2.45) is 0 Å². The van der Waals surface area contributed by atoms with E-state index in [1.807, 2.05) is 0 Å². The normalized spacial score (nSPS) is 11.6. The fourth-order valence-corrected chi connectivity index (χ4v) is 6.05. The fraction of sp³-hybridized carbons (Fsp3) is 0.927. The molecule has 0 fully saturated rings. The standard InChI is InChI=1S/C41H79NO6/c1-7-12-26-36(27-13-8-2)46-39(43)32-22-18-16-20-30-38(48-41(45)34-24-25-35-42(6)11-5)31-21-17-19-23-33-40(44)47-37(28-14-9-3)29-15-10-4/h36-38H,7-35H2,1-6H3. The molecule has 7 heteroatoms. The third-order valence-corrected chi connectivity index (χ3v) is 9.44. The maximum atomic E-state index is 12.7. The highest BCUT2D eigenvalue weighted by Gasteiger charge is 2.17. The molecule has 0 heterocycles. The van der Waals surface area contributed by atoms with E-state index in [4.69, 9.17) is 14.2 Å². The molecule has 48 heavy (non-hydrogen) atoms. The Kier molecular flexibility index (Phi) is 32.7. The summed E-state index contributed by atoms with van der Waals surface area (Å²) >= 11 is 0. The molecule has 0 rings (SSSR count). The average molecular weight is 682 g/mol. The van der Waals surface area contributed by atoms with Crippen molar-refractivity contribution >= 4 is 17.9 Å². The van der Waals surface area contributed by atoms with E-state index < -0.39 is 0 Å². The summed E-state index contributed by atoms with van der Waals surface area (Å²) in [7, 11) is 2.11. The fourth-order valence-electron chi connectivity index (χ4n) is 6.05. The van der Waals surface area contributed by atoms with Gasteiger partial charge in [-0.2, -0.15) is 0 Å². The summed E-state index contributed by atoms with van der Waals surface area (Å²) in [4.78, 5) is 39.9. The third kappa shape index (κ3) is 29.3. The highest BCUT2D eigenvalue weighted by molar-refractivity contribution is 5.70. The van der Waals surface area contributed by atoms with Crippen LogP contribution in [0.5, 0.6) is 0 Å². The molecule has 0 aliphatic carbocycles. The van der Waals surface area contributed by atoms with Crippen LogP contribution in [0.3, 0.4) is 0 Å². The lowest BCUT2D eigenvalue weighted by atomic mass is 10.0. The molecule has 7 nitrogen and oxygen atoms in total. The first-order chi connectivity index (χ1) is 23.3. The quantitative estimate of drug-likeness (QED) is 0.0374. The van der Waals surface area contributed by atoms with Crippen LogP contribution in [-0.2, 0) is 28.6 Å². The lowest BCUT2D eigenvalue weighted by Crippen LogP contribution is -2.20. The van der Waals surface area contributed by atoms with E-state index in [0.29, 0.717) is 19.3 Å². The summed E-state index contributed by atoms with van der Waals surface area (Å²) in [5.41, 5.74) is 0. The summed E-state index contributed by atoms with van der Waals surface area (Å²) in [6.07, 6.45) is 25.7. The molecule has 0 aromatic heterocycles. The largest absolute Gasteiger partial charge is 0.462 e. The first-order valence-corrected chi connectivity index (χ1v) is 20.6. The summed E-state index contributed by atoms with van der Waals surface area (Å²) in [6.45, 7) is 12.9. The van der Waals surface area contributed by atoms with Crippen LogP contribution in [0.25, 0.3) is 0 Å². The van der Waals surface area contributed by atoms with Crippen molar-refractivity contribution in [3.05, 3.63) is 0 Å². The third-order valence-electron chi connectivity index (χ3n) is 9.44. The minimum Gasteiger partial charge on any atom is -0.462 e. The molecular formula is C41H79NO6. The molecule has 0 aromatic rings. The van der Waals surface area contributed by atoms with Crippen molar-refractivity contribution in [3.8, 4) is 0 Å². The molecule has 0 saturated heterocycles. The second-order valence-electron chi connectivity index (χ2n) is 14.2. The molecule has 0 atom stereocenters. The van der Waals surface area contributed by atoms with Crippen molar-refractivity contribution in [3.63, 3.8) is 0 Å². The average Bonchev–Trinajstić information content (AvgIpc) is 3.08. The van der Waals surface area contributed by atoms with Gasteiger partial charge in [-0.15, -0.1) is 0 Å². The Labute approximate surface area is 297 Å². The van der Waals surface area contributed by atoms with Crippen molar-refractivity contribution < 1.29 is 28.6 Å². The van der Waals surface area contributed by atoms with E-state index in [1.165, 1.54) is 0 Å². The summed E-state index contributed by atoms with van der Waals surface area (Å²) in [5, 5.41) is 0. The van der Waals surface area contributed by atoms with Crippen LogP contribution in [0.4, 0.5) is 0 Å². The number of esters is 3. The van der Waals surface area contributed by atoms with Crippen molar-refractivity contribution in [1.82, 2.24) is 4.90 Å². The zero-order valence-corrected chi connectivity index (χ0v) is 32.6. The molecule has 0 radical (unpaired) electrons. The van der Waals surface area contributed by atoms with Crippen LogP contribution >= 0.6 is 0 Å². The van der Waals surface area contributed by atoms with Gasteiger partial charge in [-0.05, 0) is 97.2 Å². The Bertz CT molecular complexity index is 697. The van der Waals surface area contributed by atoms with Gasteiger partial charge in [-0.1, -0.05) is 112 Å². The molecule has 0 bridgehead atoms. The number of ether oxygens (including phenoxy) is 3. The first-order valence-electron chi connectivity index (χ1n) is 20.6. The lowest BCUT2D eigenvalue weighted by Gasteiger charge is -2.19. The van der Waals surface area contributed by atoms with Crippen LogP contribution in [0.2, 0.25) is 0 Å². The van der Waals surface area contributed by atoms with Gasteiger partial charge in [0, 0.05) is 19.3 Å². The first kappa shape index (κ1) is 46.4. The van der Waals surface area contributed by atoms with Gasteiger partial charge in [0.2, 0.25) is 0 Å². The van der Waals surface area contributed by atoms with E-state index in [1.54, 1.807) is 0 Å². The Balaban J connectivity index is 4.56. The van der Waals surface area contributed by atoms with E-state index in [2.05, 4.69) is 46.6 Å². The number of unbranched alkanes of at least 4 members (excludes halogenated alkanes) is 11. The van der Waals surface area contributed by atoms with Crippen LogP contribution in [0.1, 0.15) is 208 Å². The van der Waals surface area contributed by atoms with E-state index in [-0.39, 0.29) is 36.2 Å². The zero-order valence-electron chi connectivity index (χ0n) is 32.6. The van der Waals surface area contributed by atoms with Gasteiger partial charge in [-0.3, -0.25) is 14.4 Å². The van der Waals surface area contributed by atoms with Gasteiger partial charge in [0.25, 0.3) is 0 Å². The molecule has 0 aliphatic rings. The number of hydrogen-bond donors (Lipinski definition) is 0. The van der Waals surface area contributed by atoms with E-state index in [9.17, 15) is 14.4 Å². The van der Waals surface area contributed by atoms with Crippen LogP contribution in [0.15, 0.2) is 0 Å². The number of nitrogens with zero attached hydrogens (tertiary/aromatic N) is 1. The second-order valence-corrected chi connectivity index (χ2v) is 14.2. The van der Waals surface area contributed by atoms with Crippen molar-refractivity contribution in [1.29, 1.82) is 0 Å². The zero-order chi connectivity index (χ0) is 35.7. The smallest absolute Gasteiger partial charge is 0.306 e. The van der Waals surface area contributed by atoms with Crippen LogP contribution in [0, 0.1) is 0 Å². The molecule has 0 aliphatic heterocycles. The highest BCUT2D eigenvalue weighted by atomic mass is 16.6. The van der Waals surface area contributed by atoms with E-state index in [0.717, 1.165) is 167 Å². The molecule has 0 saturated carbocycles. The number of carbonyl (C=O) groups is 3. The predicted octanol–water partition coefficient (Wildman–Crippen LogP) is 11.3. The Morgan fingerprint density at radius 1 is 0.417 bits per heavy atom. The molecule has 284 valence electrons. The molecule has 0 N–H and O–H groups in total. The maximum absolute atomic E-state index is 12.7.